The second kappa shape index (κ2) is 5.71. The van der Waals surface area contributed by atoms with Crippen molar-refractivity contribution in [3.63, 3.8) is 0 Å². The van der Waals surface area contributed by atoms with Gasteiger partial charge in [-0.05, 0) is 40.2 Å². The number of piperazine rings is 1. The van der Waals surface area contributed by atoms with Gasteiger partial charge in [0.15, 0.2) is 10.4 Å². The number of hydrogen-bond donors (Lipinski definition) is 0. The van der Waals surface area contributed by atoms with Crippen molar-refractivity contribution in [1.29, 1.82) is 0 Å². The monoisotopic (exact) mass is 334 g/mol. The molecule has 1 aliphatic rings. The Bertz CT molecular complexity index is 589. The molecule has 0 aliphatic carbocycles. The highest BCUT2D eigenvalue weighted by molar-refractivity contribution is 9.10. The van der Waals surface area contributed by atoms with Gasteiger partial charge in [0.25, 0.3) is 5.91 Å². The Morgan fingerprint density at radius 2 is 1.70 bits per heavy atom. The van der Waals surface area contributed by atoms with Crippen LogP contribution in [0.5, 0.6) is 0 Å². The zero-order chi connectivity index (χ0) is 13.9. The molecule has 1 aromatic carbocycles. The van der Waals surface area contributed by atoms with Crippen LogP contribution in [0.2, 0.25) is 0 Å². The number of anilines is 1. The molecule has 1 saturated heterocycles. The van der Waals surface area contributed by atoms with Crippen molar-refractivity contribution in [2.24, 2.45) is 0 Å². The first-order valence-electron chi connectivity index (χ1n) is 6.58. The molecule has 1 amide bonds. The third-order valence-corrected chi connectivity index (χ3v) is 3.90. The Morgan fingerprint density at radius 3 is 2.30 bits per heavy atom. The summed E-state index contributed by atoms with van der Waals surface area (Å²) in [6, 6.07) is 13.7. The minimum atomic E-state index is -0.0385. The van der Waals surface area contributed by atoms with E-state index in [9.17, 15) is 4.79 Å². The van der Waals surface area contributed by atoms with E-state index in [1.165, 1.54) is 5.69 Å². The lowest BCUT2D eigenvalue weighted by Gasteiger charge is -2.35. The van der Waals surface area contributed by atoms with Gasteiger partial charge >= 0.3 is 0 Å². The number of amides is 1. The van der Waals surface area contributed by atoms with Crippen LogP contribution in [-0.4, -0.2) is 37.0 Å². The van der Waals surface area contributed by atoms with Crippen molar-refractivity contribution in [3.8, 4) is 0 Å². The van der Waals surface area contributed by atoms with Crippen LogP contribution in [0.4, 0.5) is 5.69 Å². The molecule has 0 saturated carbocycles. The Hall–Kier alpha value is -1.75. The first-order valence-corrected chi connectivity index (χ1v) is 7.38. The molecule has 2 heterocycles. The van der Waals surface area contributed by atoms with Crippen LogP contribution in [0.1, 0.15) is 10.6 Å². The first kappa shape index (κ1) is 13.2. The molecule has 3 rings (SSSR count). The molecule has 1 aliphatic heterocycles. The van der Waals surface area contributed by atoms with Gasteiger partial charge in [-0.3, -0.25) is 4.79 Å². The van der Waals surface area contributed by atoms with Gasteiger partial charge in [-0.1, -0.05) is 18.2 Å². The largest absolute Gasteiger partial charge is 0.444 e. The number of hydrogen-bond acceptors (Lipinski definition) is 3. The van der Waals surface area contributed by atoms with E-state index >= 15 is 0 Å². The highest BCUT2D eigenvalue weighted by atomic mass is 79.9. The van der Waals surface area contributed by atoms with Gasteiger partial charge < -0.3 is 14.2 Å². The minimum absolute atomic E-state index is 0.0385. The summed E-state index contributed by atoms with van der Waals surface area (Å²) < 4.78 is 5.91. The van der Waals surface area contributed by atoms with Gasteiger partial charge in [-0.2, -0.15) is 0 Å². The first-order chi connectivity index (χ1) is 9.74. The van der Waals surface area contributed by atoms with Crippen molar-refractivity contribution in [2.45, 2.75) is 0 Å². The summed E-state index contributed by atoms with van der Waals surface area (Å²) in [5.74, 6) is 0.355. The molecule has 1 fully saturated rings. The standard InChI is InChI=1S/C15H15BrN2O2/c16-14-7-6-13(20-14)15(19)18-10-8-17(9-11-18)12-4-2-1-3-5-12/h1-7H,8-11H2. The average molecular weight is 335 g/mol. The lowest BCUT2D eigenvalue weighted by Crippen LogP contribution is -2.48. The number of para-hydroxylation sites is 1. The molecule has 1 aromatic heterocycles. The fourth-order valence-corrected chi connectivity index (χ4v) is 2.70. The molecule has 0 radical (unpaired) electrons. The molecule has 20 heavy (non-hydrogen) atoms. The van der Waals surface area contributed by atoms with Crippen LogP contribution in [0.3, 0.4) is 0 Å². The van der Waals surface area contributed by atoms with Crippen molar-refractivity contribution < 1.29 is 9.21 Å². The van der Waals surface area contributed by atoms with Crippen molar-refractivity contribution in [3.05, 3.63) is 52.9 Å². The van der Waals surface area contributed by atoms with E-state index in [0.717, 1.165) is 13.1 Å². The normalized spacial score (nSPS) is 15.4. The Morgan fingerprint density at radius 1 is 1.00 bits per heavy atom. The molecule has 0 atom stereocenters. The maximum Gasteiger partial charge on any atom is 0.289 e. The minimum Gasteiger partial charge on any atom is -0.444 e. The van der Waals surface area contributed by atoms with E-state index < -0.39 is 0 Å². The van der Waals surface area contributed by atoms with Crippen LogP contribution in [0.25, 0.3) is 0 Å². The third kappa shape index (κ3) is 2.72. The maximum absolute atomic E-state index is 12.2. The zero-order valence-corrected chi connectivity index (χ0v) is 12.5. The van der Waals surface area contributed by atoms with Crippen LogP contribution < -0.4 is 4.90 Å². The van der Waals surface area contributed by atoms with Crippen LogP contribution in [-0.2, 0) is 0 Å². The van der Waals surface area contributed by atoms with Crippen LogP contribution in [0, 0.1) is 0 Å². The van der Waals surface area contributed by atoms with E-state index in [2.05, 4.69) is 33.0 Å². The number of benzene rings is 1. The van der Waals surface area contributed by atoms with Gasteiger partial charge in [0, 0.05) is 31.9 Å². The zero-order valence-electron chi connectivity index (χ0n) is 11.0. The molecule has 104 valence electrons. The summed E-state index contributed by atoms with van der Waals surface area (Å²) in [7, 11) is 0. The molecular formula is C15H15BrN2O2. The van der Waals surface area contributed by atoms with Gasteiger partial charge in [0.1, 0.15) is 0 Å². The number of rotatable bonds is 2. The lowest BCUT2D eigenvalue weighted by atomic mass is 10.2. The Kier molecular flexibility index (Phi) is 3.78. The predicted octanol–water partition coefficient (Wildman–Crippen LogP) is 3.00. The average Bonchev–Trinajstić information content (AvgIpc) is 2.94. The summed E-state index contributed by atoms with van der Waals surface area (Å²) in [5, 5.41) is 0. The highest BCUT2D eigenvalue weighted by Crippen LogP contribution is 2.19. The van der Waals surface area contributed by atoms with E-state index in [0.29, 0.717) is 23.5 Å². The smallest absolute Gasteiger partial charge is 0.289 e. The van der Waals surface area contributed by atoms with E-state index in [4.69, 9.17) is 4.42 Å². The lowest BCUT2D eigenvalue weighted by molar-refractivity contribution is 0.0713. The molecule has 4 nitrogen and oxygen atoms in total. The van der Waals surface area contributed by atoms with E-state index in [1.54, 1.807) is 12.1 Å². The van der Waals surface area contributed by atoms with Crippen molar-refractivity contribution in [1.82, 2.24) is 4.90 Å². The quantitative estimate of drug-likeness (QED) is 0.847. The molecule has 0 unspecified atom stereocenters. The van der Waals surface area contributed by atoms with Gasteiger partial charge in [0.05, 0.1) is 0 Å². The summed E-state index contributed by atoms with van der Waals surface area (Å²) in [5.41, 5.74) is 1.21. The molecule has 0 N–H and O–H groups in total. The summed E-state index contributed by atoms with van der Waals surface area (Å²) >= 11 is 3.22. The maximum atomic E-state index is 12.2. The van der Waals surface area contributed by atoms with Crippen LogP contribution >= 0.6 is 15.9 Å². The highest BCUT2D eigenvalue weighted by Gasteiger charge is 2.24. The van der Waals surface area contributed by atoms with E-state index in [1.807, 2.05) is 23.1 Å². The summed E-state index contributed by atoms with van der Waals surface area (Å²) in [6.45, 7) is 3.12. The number of nitrogens with zero attached hydrogens (tertiary/aromatic N) is 2. The third-order valence-electron chi connectivity index (χ3n) is 3.47. The topological polar surface area (TPSA) is 36.7 Å². The fraction of sp³-hybridized carbons (Fsp3) is 0.267. The number of carbonyl (C=O) groups is 1. The van der Waals surface area contributed by atoms with Gasteiger partial charge in [-0.25, -0.2) is 0 Å². The molecule has 0 bridgehead atoms. The molecule has 5 heteroatoms. The second-order valence-corrected chi connectivity index (χ2v) is 5.50. The number of furan rings is 1. The number of carbonyl (C=O) groups excluding carboxylic acids is 1. The fourth-order valence-electron chi connectivity index (χ4n) is 2.39. The Balaban J connectivity index is 1.63. The van der Waals surface area contributed by atoms with E-state index in [-0.39, 0.29) is 5.91 Å². The summed E-state index contributed by atoms with van der Waals surface area (Å²) in [6.07, 6.45) is 0. The molecule has 2 aromatic rings. The van der Waals surface area contributed by atoms with Crippen molar-refractivity contribution >= 4 is 27.5 Å². The molecule has 0 spiro atoms. The predicted molar refractivity (Wildman–Crippen MR) is 81.0 cm³/mol. The van der Waals surface area contributed by atoms with Crippen LogP contribution in [0.15, 0.2) is 51.6 Å². The Labute approximate surface area is 126 Å². The van der Waals surface area contributed by atoms with Gasteiger partial charge in [-0.15, -0.1) is 0 Å². The SMILES string of the molecule is O=C(c1ccc(Br)o1)N1CCN(c2ccccc2)CC1. The number of halogens is 1. The van der Waals surface area contributed by atoms with Gasteiger partial charge in [0.2, 0.25) is 0 Å². The summed E-state index contributed by atoms with van der Waals surface area (Å²) in [4.78, 5) is 16.4. The second-order valence-electron chi connectivity index (χ2n) is 4.72. The van der Waals surface area contributed by atoms with Crippen molar-refractivity contribution in [2.75, 3.05) is 31.1 Å². The molecular weight excluding hydrogens is 320 g/mol.